The largest absolute Gasteiger partial charge is 0.497 e. The lowest BCUT2D eigenvalue weighted by molar-refractivity contribution is -0.143. The number of methoxy groups -OCH3 is 1. The topological polar surface area (TPSA) is 83.6 Å². The van der Waals surface area contributed by atoms with Gasteiger partial charge in [0.15, 0.2) is 0 Å². The third kappa shape index (κ3) is 5.65. The Morgan fingerprint density at radius 3 is 2.29 bits per heavy atom. The summed E-state index contributed by atoms with van der Waals surface area (Å²) in [6, 6.07) is 7.29. The van der Waals surface area contributed by atoms with E-state index in [0.717, 1.165) is 36.9 Å². The molecule has 0 saturated carbocycles. The Balaban J connectivity index is 1.43. The number of benzene rings is 2. The molecule has 3 aromatic carbocycles. The molecule has 4 aromatic rings. The maximum atomic E-state index is 13.5. The highest BCUT2D eigenvalue weighted by Crippen LogP contribution is 2.44. The zero-order valence-corrected chi connectivity index (χ0v) is 23.9. The predicted octanol–water partition coefficient (Wildman–Crippen LogP) is 6.67. The van der Waals surface area contributed by atoms with E-state index in [1.165, 1.54) is 7.11 Å². The monoisotopic (exact) mass is 630 g/mol. The molecule has 3 aliphatic rings. The van der Waals surface area contributed by atoms with Crippen LogP contribution in [0.25, 0.3) is 10.9 Å². The molecule has 0 amide bonds. The third-order valence-corrected chi connectivity index (χ3v) is 8.92. The fourth-order valence-electron chi connectivity index (χ4n) is 6.63. The average Bonchev–Trinajstić information content (AvgIpc) is 3.03. The molecule has 2 N–H and O–H groups in total. The van der Waals surface area contributed by atoms with Crippen molar-refractivity contribution in [1.82, 2.24) is 9.88 Å². The van der Waals surface area contributed by atoms with Gasteiger partial charge in [0.25, 0.3) is 10.9 Å². The Hall–Kier alpha value is -4.39. The lowest BCUT2D eigenvalue weighted by atomic mass is 9.73. The number of rotatable bonds is 8. The van der Waals surface area contributed by atoms with Crippen LogP contribution in [0.5, 0.6) is 5.75 Å². The van der Waals surface area contributed by atoms with Gasteiger partial charge in [0.05, 0.1) is 29.8 Å². The Morgan fingerprint density at radius 1 is 1.00 bits per heavy atom. The van der Waals surface area contributed by atoms with Gasteiger partial charge < -0.3 is 15.4 Å². The highest BCUT2D eigenvalue weighted by molar-refractivity contribution is 5.85. The number of alkyl halides is 6. The SMILES string of the molecule is C=C[C@@H]1CN2CC[C@H]1C[C@H]2[C@H](Nc1c(Nc2cc(C(F)(F)F)cc(C(F)(F)F)c2)c(=O)c1=O)c1ccnc2ccc(OC)cc12. The van der Waals surface area contributed by atoms with Crippen molar-refractivity contribution in [2.45, 2.75) is 37.3 Å². The van der Waals surface area contributed by atoms with E-state index in [0.29, 0.717) is 29.3 Å². The van der Waals surface area contributed by atoms with Gasteiger partial charge in [-0.15, -0.1) is 6.58 Å². The van der Waals surface area contributed by atoms with Gasteiger partial charge in [-0.25, -0.2) is 0 Å². The first-order chi connectivity index (χ1) is 21.3. The lowest BCUT2D eigenvalue weighted by Crippen LogP contribution is -2.56. The number of hydrogen-bond donors (Lipinski definition) is 2. The number of anilines is 3. The number of piperidine rings is 3. The highest BCUT2D eigenvalue weighted by Gasteiger charge is 2.44. The van der Waals surface area contributed by atoms with Gasteiger partial charge >= 0.3 is 12.4 Å². The van der Waals surface area contributed by atoms with Gasteiger partial charge in [-0.1, -0.05) is 6.08 Å². The van der Waals surface area contributed by atoms with Crippen LogP contribution in [0.4, 0.5) is 43.4 Å². The molecule has 3 saturated heterocycles. The number of nitrogens with one attached hydrogen (secondary N) is 2. The molecule has 4 heterocycles. The van der Waals surface area contributed by atoms with Gasteiger partial charge in [0, 0.05) is 29.9 Å². The number of pyridine rings is 1. The fraction of sp³-hybridized carbons (Fsp3) is 0.344. The number of hydrogen-bond acceptors (Lipinski definition) is 7. The maximum absolute atomic E-state index is 13.5. The number of fused-ring (bicyclic) bond motifs is 4. The van der Waals surface area contributed by atoms with Gasteiger partial charge in [-0.3, -0.25) is 19.5 Å². The summed E-state index contributed by atoms with van der Waals surface area (Å²) in [6.07, 6.45) is -4.94. The van der Waals surface area contributed by atoms with E-state index < -0.39 is 51.8 Å². The van der Waals surface area contributed by atoms with Crippen LogP contribution in [0.2, 0.25) is 0 Å². The molecule has 7 rings (SSSR count). The van der Waals surface area contributed by atoms with Crippen LogP contribution in [-0.2, 0) is 12.4 Å². The number of halogens is 6. The van der Waals surface area contributed by atoms with Crippen molar-refractivity contribution in [2.75, 3.05) is 30.8 Å². The Morgan fingerprint density at radius 2 is 1.69 bits per heavy atom. The summed E-state index contributed by atoms with van der Waals surface area (Å²) < 4.78 is 86.4. The molecule has 0 aliphatic carbocycles. The first-order valence-electron chi connectivity index (χ1n) is 14.2. The molecular weight excluding hydrogens is 602 g/mol. The van der Waals surface area contributed by atoms with Crippen molar-refractivity contribution in [3.05, 3.63) is 98.5 Å². The second-order valence-electron chi connectivity index (χ2n) is 11.5. The van der Waals surface area contributed by atoms with Crippen LogP contribution >= 0.6 is 0 Å². The van der Waals surface area contributed by atoms with Crippen molar-refractivity contribution < 1.29 is 31.1 Å². The molecule has 3 aliphatic heterocycles. The minimum Gasteiger partial charge on any atom is -0.497 e. The molecule has 45 heavy (non-hydrogen) atoms. The molecule has 0 radical (unpaired) electrons. The molecule has 13 heteroatoms. The van der Waals surface area contributed by atoms with E-state index in [1.807, 2.05) is 6.08 Å². The minimum absolute atomic E-state index is 0.00556. The zero-order valence-electron chi connectivity index (χ0n) is 23.9. The summed E-state index contributed by atoms with van der Waals surface area (Å²) in [5, 5.41) is 6.30. The average molecular weight is 631 g/mol. The normalized spacial score (nSPS) is 22.4. The van der Waals surface area contributed by atoms with Crippen LogP contribution in [0.1, 0.15) is 35.6 Å². The van der Waals surface area contributed by atoms with E-state index in [1.54, 1.807) is 30.5 Å². The second kappa shape index (κ2) is 11.2. The van der Waals surface area contributed by atoms with E-state index in [2.05, 4.69) is 27.1 Å². The predicted molar refractivity (Wildman–Crippen MR) is 158 cm³/mol. The van der Waals surface area contributed by atoms with Crippen LogP contribution in [-0.4, -0.2) is 36.1 Å². The number of ether oxygens (including phenoxy) is 1. The van der Waals surface area contributed by atoms with Gasteiger partial charge in [0.2, 0.25) is 0 Å². The molecular formula is C32H28F6N4O3. The van der Waals surface area contributed by atoms with E-state index in [9.17, 15) is 35.9 Å². The standard InChI is InChI=1S/C32H28F6N4O3/c1-3-16-15-42-9-7-17(16)10-25(42)26(22-6-8-39-24-5-4-21(45-2)14-23(22)24)41-28-27(29(43)30(28)44)40-20-12-18(31(33,34)35)11-19(13-20)32(36,37)38/h3-6,8,11-14,16-17,25-26,40-41H,1,7,9-10,15H2,2H3/t16-,17+,25+,26-/m1/s1. The highest BCUT2D eigenvalue weighted by atomic mass is 19.4. The van der Waals surface area contributed by atoms with Gasteiger partial charge in [-0.2, -0.15) is 26.3 Å². The molecule has 5 atom stereocenters. The first kappa shape index (κ1) is 30.6. The smallest absolute Gasteiger partial charge is 0.416 e. The summed E-state index contributed by atoms with van der Waals surface area (Å²) in [5.74, 6) is 1.16. The van der Waals surface area contributed by atoms with Gasteiger partial charge in [-0.05, 0) is 79.3 Å². The molecule has 7 nitrogen and oxygen atoms in total. The quantitative estimate of drug-likeness (QED) is 0.128. The summed E-state index contributed by atoms with van der Waals surface area (Å²) in [4.78, 5) is 32.4. The molecule has 1 unspecified atom stereocenters. The van der Waals surface area contributed by atoms with Crippen molar-refractivity contribution in [1.29, 1.82) is 0 Å². The molecule has 3 fully saturated rings. The Labute approximate surface area is 253 Å². The second-order valence-corrected chi connectivity index (χ2v) is 11.5. The summed E-state index contributed by atoms with van der Waals surface area (Å²) in [6.45, 7) is 5.48. The molecule has 0 spiro atoms. The van der Waals surface area contributed by atoms with Crippen LogP contribution < -0.4 is 26.2 Å². The molecule has 2 bridgehead atoms. The van der Waals surface area contributed by atoms with E-state index in [4.69, 9.17) is 4.74 Å². The van der Waals surface area contributed by atoms with Crippen LogP contribution in [0.15, 0.2) is 70.9 Å². The number of aromatic nitrogens is 1. The third-order valence-electron chi connectivity index (χ3n) is 8.92. The summed E-state index contributed by atoms with van der Waals surface area (Å²) >= 11 is 0. The first-order valence-corrected chi connectivity index (χ1v) is 14.2. The fourth-order valence-corrected chi connectivity index (χ4v) is 6.63. The zero-order chi connectivity index (χ0) is 32.3. The van der Waals surface area contributed by atoms with Crippen molar-refractivity contribution in [3.8, 4) is 5.75 Å². The minimum atomic E-state index is -5.08. The Bertz CT molecular complexity index is 1810. The van der Waals surface area contributed by atoms with Crippen LogP contribution in [0.3, 0.4) is 0 Å². The van der Waals surface area contributed by atoms with Gasteiger partial charge in [0.1, 0.15) is 17.1 Å². The van der Waals surface area contributed by atoms with E-state index in [-0.39, 0.29) is 23.7 Å². The van der Waals surface area contributed by atoms with Crippen molar-refractivity contribution >= 4 is 28.0 Å². The molecule has 236 valence electrons. The number of nitrogens with zero attached hydrogens (tertiary/aromatic N) is 2. The van der Waals surface area contributed by atoms with Crippen molar-refractivity contribution in [3.63, 3.8) is 0 Å². The summed E-state index contributed by atoms with van der Waals surface area (Å²) in [7, 11) is 1.52. The summed E-state index contributed by atoms with van der Waals surface area (Å²) in [5.41, 5.74) is -4.95. The maximum Gasteiger partial charge on any atom is 0.416 e. The lowest BCUT2D eigenvalue weighted by Gasteiger charge is -2.52. The molecule has 1 aromatic heterocycles. The Kier molecular flexibility index (Phi) is 7.62. The van der Waals surface area contributed by atoms with Crippen LogP contribution in [0, 0.1) is 11.8 Å². The van der Waals surface area contributed by atoms with E-state index >= 15 is 0 Å². The van der Waals surface area contributed by atoms with Crippen molar-refractivity contribution in [2.24, 2.45) is 11.8 Å².